The van der Waals surface area contributed by atoms with Crippen LogP contribution in [0.3, 0.4) is 0 Å². The third kappa shape index (κ3) is 4.34. The summed E-state index contributed by atoms with van der Waals surface area (Å²) in [5.74, 6) is 0.928. The van der Waals surface area contributed by atoms with Crippen molar-refractivity contribution in [2.75, 3.05) is 32.7 Å². The monoisotopic (exact) mass is 336 g/mol. The van der Waals surface area contributed by atoms with Gasteiger partial charge < -0.3 is 9.64 Å². The van der Waals surface area contributed by atoms with Gasteiger partial charge in [0.05, 0.1) is 17.1 Å². The molecular formula is C18H28N2O2S. The van der Waals surface area contributed by atoms with Crippen LogP contribution in [0.15, 0.2) is 12.1 Å². The number of thiophene rings is 1. The number of piperidine rings is 1. The number of hydrogen-bond donors (Lipinski definition) is 0. The smallest absolute Gasteiger partial charge is 0.263 e. The molecule has 0 spiro atoms. The van der Waals surface area contributed by atoms with Crippen LogP contribution in [-0.2, 0) is 4.74 Å². The maximum absolute atomic E-state index is 12.5. The number of aryl methyl sites for hydroxylation is 1. The lowest BCUT2D eigenvalue weighted by Gasteiger charge is -2.39. The number of rotatable bonds is 3. The van der Waals surface area contributed by atoms with Gasteiger partial charge in [0.25, 0.3) is 5.91 Å². The lowest BCUT2D eigenvalue weighted by atomic mass is 9.95. The van der Waals surface area contributed by atoms with Gasteiger partial charge in [-0.1, -0.05) is 0 Å². The molecule has 0 bridgehead atoms. The van der Waals surface area contributed by atoms with E-state index in [2.05, 4.69) is 25.7 Å². The van der Waals surface area contributed by atoms with Crippen molar-refractivity contribution in [2.45, 2.75) is 45.8 Å². The van der Waals surface area contributed by atoms with Crippen LogP contribution in [-0.4, -0.2) is 60.6 Å². The number of likely N-dealkylation sites (tertiary alicyclic amines) is 1. The Morgan fingerprint density at radius 2 is 1.87 bits per heavy atom. The fourth-order valence-electron chi connectivity index (χ4n) is 3.82. The summed E-state index contributed by atoms with van der Waals surface area (Å²) < 4.78 is 5.81. The molecular weight excluding hydrogens is 308 g/mol. The van der Waals surface area contributed by atoms with E-state index in [1.54, 1.807) is 11.3 Å². The van der Waals surface area contributed by atoms with Crippen molar-refractivity contribution >= 4 is 17.2 Å². The molecule has 0 aromatic carbocycles. The van der Waals surface area contributed by atoms with Crippen molar-refractivity contribution in [3.05, 3.63) is 21.9 Å². The van der Waals surface area contributed by atoms with E-state index in [-0.39, 0.29) is 5.91 Å². The van der Waals surface area contributed by atoms with E-state index >= 15 is 0 Å². The zero-order valence-electron chi connectivity index (χ0n) is 14.5. The van der Waals surface area contributed by atoms with Crippen molar-refractivity contribution < 1.29 is 9.53 Å². The number of hydrogen-bond acceptors (Lipinski definition) is 4. The Kier molecular flexibility index (Phi) is 5.39. The number of carbonyl (C=O) groups excluding carboxylic acids is 1. The van der Waals surface area contributed by atoms with Crippen molar-refractivity contribution in [2.24, 2.45) is 5.92 Å². The second-order valence-electron chi connectivity index (χ2n) is 7.12. The summed E-state index contributed by atoms with van der Waals surface area (Å²) in [6, 6.07) is 4.00. The molecule has 3 rings (SSSR count). The fourth-order valence-corrected chi connectivity index (χ4v) is 4.66. The van der Waals surface area contributed by atoms with E-state index in [0.29, 0.717) is 18.1 Å². The van der Waals surface area contributed by atoms with Gasteiger partial charge in [0.1, 0.15) is 0 Å². The highest BCUT2D eigenvalue weighted by atomic mass is 32.1. The molecule has 1 amide bonds. The molecule has 1 aromatic rings. The molecule has 5 heteroatoms. The molecule has 2 aliphatic rings. The van der Waals surface area contributed by atoms with Gasteiger partial charge >= 0.3 is 0 Å². The first kappa shape index (κ1) is 16.9. The highest BCUT2D eigenvalue weighted by molar-refractivity contribution is 7.13. The quantitative estimate of drug-likeness (QED) is 0.850. The summed E-state index contributed by atoms with van der Waals surface area (Å²) in [5.41, 5.74) is 0. The Morgan fingerprint density at radius 1 is 1.22 bits per heavy atom. The Morgan fingerprint density at radius 3 is 2.43 bits per heavy atom. The van der Waals surface area contributed by atoms with E-state index in [4.69, 9.17) is 4.74 Å². The van der Waals surface area contributed by atoms with E-state index in [0.717, 1.165) is 50.4 Å². The maximum atomic E-state index is 12.5. The number of nitrogens with zero attached hydrogens (tertiary/aromatic N) is 2. The molecule has 0 aliphatic carbocycles. The Hall–Kier alpha value is -0.910. The summed E-state index contributed by atoms with van der Waals surface area (Å²) in [4.78, 5) is 19.2. The Balaban J connectivity index is 1.47. The first-order valence-electron chi connectivity index (χ1n) is 8.75. The molecule has 0 N–H and O–H groups in total. The van der Waals surface area contributed by atoms with Crippen LogP contribution in [0.2, 0.25) is 0 Å². The zero-order chi connectivity index (χ0) is 16.4. The summed E-state index contributed by atoms with van der Waals surface area (Å²) >= 11 is 1.61. The first-order valence-corrected chi connectivity index (χ1v) is 9.56. The predicted octanol–water partition coefficient (Wildman–Crippen LogP) is 3.02. The molecule has 4 nitrogen and oxygen atoms in total. The van der Waals surface area contributed by atoms with E-state index in [1.165, 1.54) is 4.88 Å². The molecule has 0 radical (unpaired) electrons. The largest absolute Gasteiger partial charge is 0.373 e. The minimum absolute atomic E-state index is 0.218. The number of ether oxygens (including phenoxy) is 1. The number of amides is 1. The van der Waals surface area contributed by atoms with Crippen molar-refractivity contribution in [1.29, 1.82) is 0 Å². The minimum Gasteiger partial charge on any atom is -0.373 e. The second kappa shape index (κ2) is 7.32. The average Bonchev–Trinajstić information content (AvgIpc) is 2.93. The van der Waals surface area contributed by atoms with Crippen LogP contribution in [0.25, 0.3) is 0 Å². The Bertz CT molecular complexity index is 527. The molecule has 2 aliphatic heterocycles. The normalized spacial score (nSPS) is 27.3. The highest BCUT2D eigenvalue weighted by Gasteiger charge is 2.28. The van der Waals surface area contributed by atoms with Gasteiger partial charge in [-0.2, -0.15) is 0 Å². The summed E-state index contributed by atoms with van der Waals surface area (Å²) in [6.45, 7) is 11.4. The molecule has 1 aromatic heterocycles. The molecule has 23 heavy (non-hydrogen) atoms. The van der Waals surface area contributed by atoms with Gasteiger partial charge in [-0.3, -0.25) is 9.69 Å². The van der Waals surface area contributed by atoms with Gasteiger partial charge in [0.15, 0.2) is 0 Å². The van der Waals surface area contributed by atoms with E-state index < -0.39 is 0 Å². The fraction of sp³-hybridized carbons (Fsp3) is 0.722. The molecule has 128 valence electrons. The number of morpholine rings is 1. The van der Waals surface area contributed by atoms with Crippen LogP contribution >= 0.6 is 11.3 Å². The van der Waals surface area contributed by atoms with Gasteiger partial charge in [-0.25, -0.2) is 0 Å². The topological polar surface area (TPSA) is 32.8 Å². The van der Waals surface area contributed by atoms with Gasteiger partial charge in [0, 0.05) is 37.6 Å². The lowest BCUT2D eigenvalue weighted by Crippen LogP contribution is -2.48. The summed E-state index contributed by atoms with van der Waals surface area (Å²) in [7, 11) is 0. The third-order valence-electron chi connectivity index (χ3n) is 4.86. The third-order valence-corrected chi connectivity index (χ3v) is 5.85. The zero-order valence-corrected chi connectivity index (χ0v) is 15.3. The molecule has 3 heterocycles. The van der Waals surface area contributed by atoms with Crippen molar-refractivity contribution in [1.82, 2.24) is 9.80 Å². The lowest BCUT2D eigenvalue weighted by molar-refractivity contribution is -0.0728. The first-order chi connectivity index (χ1) is 11.0. The Labute approximate surface area is 143 Å². The van der Waals surface area contributed by atoms with Gasteiger partial charge in [-0.15, -0.1) is 11.3 Å². The van der Waals surface area contributed by atoms with Crippen molar-refractivity contribution in [3.8, 4) is 0 Å². The van der Waals surface area contributed by atoms with Crippen molar-refractivity contribution in [3.63, 3.8) is 0 Å². The van der Waals surface area contributed by atoms with E-state index in [9.17, 15) is 4.79 Å². The maximum Gasteiger partial charge on any atom is 0.263 e. The van der Waals surface area contributed by atoms with Crippen LogP contribution in [0, 0.1) is 12.8 Å². The molecule has 2 atom stereocenters. The number of carbonyl (C=O) groups is 1. The summed E-state index contributed by atoms with van der Waals surface area (Å²) in [6.07, 6.45) is 2.91. The minimum atomic E-state index is 0.218. The van der Waals surface area contributed by atoms with Crippen LogP contribution in [0.4, 0.5) is 0 Å². The predicted molar refractivity (Wildman–Crippen MR) is 94.1 cm³/mol. The van der Waals surface area contributed by atoms with Crippen LogP contribution < -0.4 is 0 Å². The van der Waals surface area contributed by atoms with Gasteiger partial charge in [-0.05, 0) is 51.7 Å². The molecule has 2 saturated heterocycles. The van der Waals surface area contributed by atoms with Crippen LogP contribution in [0.1, 0.15) is 41.2 Å². The average molecular weight is 337 g/mol. The second-order valence-corrected chi connectivity index (χ2v) is 8.41. The molecule has 2 unspecified atom stereocenters. The summed E-state index contributed by atoms with van der Waals surface area (Å²) in [5, 5.41) is 0. The van der Waals surface area contributed by atoms with E-state index in [1.807, 2.05) is 17.0 Å². The molecule has 2 fully saturated rings. The van der Waals surface area contributed by atoms with Crippen LogP contribution in [0.5, 0.6) is 0 Å². The standard InChI is InChI=1S/C18H28N2O2S/c1-13-10-19(11-14(2)22-13)12-16-6-8-20(9-7-16)18(21)17-5-4-15(3)23-17/h4-5,13-14,16H,6-12H2,1-3H3. The SMILES string of the molecule is Cc1ccc(C(=O)N2CCC(CN3CC(C)OC(C)C3)CC2)s1. The highest BCUT2D eigenvalue weighted by Crippen LogP contribution is 2.24. The molecule has 0 saturated carbocycles. The van der Waals surface area contributed by atoms with Gasteiger partial charge in [0.2, 0.25) is 0 Å².